The Bertz CT molecular complexity index is 487. The molecule has 0 aromatic carbocycles. The van der Waals surface area contributed by atoms with Gasteiger partial charge in [-0.05, 0) is 25.3 Å². The second kappa shape index (κ2) is 5.99. The fourth-order valence-corrected chi connectivity index (χ4v) is 3.61. The molecular formula is C15H22F3N3. The van der Waals surface area contributed by atoms with Crippen LogP contribution in [-0.4, -0.2) is 16.3 Å². The van der Waals surface area contributed by atoms with Gasteiger partial charge in [0.05, 0.1) is 5.69 Å². The van der Waals surface area contributed by atoms with Crippen molar-refractivity contribution in [1.82, 2.24) is 15.1 Å². The SMILES string of the molecule is FC(F)(F)c1nn(CCC2CCCCC2)c2c1CCNC2. The maximum Gasteiger partial charge on any atom is 0.435 e. The Labute approximate surface area is 122 Å². The van der Waals surface area contributed by atoms with Gasteiger partial charge in [0.2, 0.25) is 0 Å². The smallest absolute Gasteiger partial charge is 0.311 e. The zero-order valence-electron chi connectivity index (χ0n) is 12.2. The van der Waals surface area contributed by atoms with E-state index < -0.39 is 11.9 Å². The highest BCUT2D eigenvalue weighted by Gasteiger charge is 2.39. The number of hydrogen-bond donors (Lipinski definition) is 1. The normalized spacial score (nSPS) is 20.5. The van der Waals surface area contributed by atoms with Crippen molar-refractivity contribution in [2.45, 2.75) is 64.2 Å². The second-order valence-electron chi connectivity index (χ2n) is 6.21. The summed E-state index contributed by atoms with van der Waals surface area (Å²) in [6.45, 7) is 1.72. The van der Waals surface area contributed by atoms with Gasteiger partial charge in [0.15, 0.2) is 5.69 Å². The summed E-state index contributed by atoms with van der Waals surface area (Å²) in [5.41, 5.74) is 0.483. The van der Waals surface area contributed by atoms with Crippen LogP contribution in [0.2, 0.25) is 0 Å². The highest BCUT2D eigenvalue weighted by atomic mass is 19.4. The molecule has 0 unspecified atom stereocenters. The molecule has 0 saturated heterocycles. The molecule has 1 N–H and O–H groups in total. The molecule has 1 aliphatic carbocycles. The van der Waals surface area contributed by atoms with Crippen LogP contribution in [0.4, 0.5) is 13.2 Å². The van der Waals surface area contributed by atoms with E-state index in [1.165, 1.54) is 32.1 Å². The number of halogens is 3. The van der Waals surface area contributed by atoms with Gasteiger partial charge in [-0.25, -0.2) is 0 Å². The van der Waals surface area contributed by atoms with E-state index in [1.807, 2.05) is 0 Å². The summed E-state index contributed by atoms with van der Waals surface area (Å²) in [5.74, 6) is 0.657. The van der Waals surface area contributed by atoms with Gasteiger partial charge in [0.25, 0.3) is 0 Å². The maximum absolute atomic E-state index is 13.1. The number of aromatic nitrogens is 2. The van der Waals surface area contributed by atoms with E-state index in [0.717, 1.165) is 12.1 Å². The molecule has 1 aromatic rings. The van der Waals surface area contributed by atoms with Crippen molar-refractivity contribution in [3.05, 3.63) is 17.0 Å². The van der Waals surface area contributed by atoms with Crippen molar-refractivity contribution >= 4 is 0 Å². The van der Waals surface area contributed by atoms with Crippen LogP contribution in [0.1, 0.15) is 55.5 Å². The van der Waals surface area contributed by atoms with Crippen molar-refractivity contribution in [1.29, 1.82) is 0 Å². The quantitative estimate of drug-likeness (QED) is 0.926. The molecule has 118 valence electrons. The van der Waals surface area contributed by atoms with Gasteiger partial charge in [-0.15, -0.1) is 0 Å². The van der Waals surface area contributed by atoms with E-state index in [4.69, 9.17) is 0 Å². The minimum absolute atomic E-state index is 0.407. The highest BCUT2D eigenvalue weighted by Crippen LogP contribution is 2.34. The molecule has 1 aliphatic heterocycles. The van der Waals surface area contributed by atoms with Crippen LogP contribution in [0.5, 0.6) is 0 Å². The summed E-state index contributed by atoms with van der Waals surface area (Å²) in [7, 11) is 0. The summed E-state index contributed by atoms with van der Waals surface area (Å²) in [6, 6.07) is 0. The predicted molar refractivity (Wildman–Crippen MR) is 73.8 cm³/mol. The number of nitrogens with zero attached hydrogens (tertiary/aromatic N) is 2. The molecule has 0 atom stereocenters. The molecular weight excluding hydrogens is 279 g/mol. The van der Waals surface area contributed by atoms with E-state index in [2.05, 4.69) is 10.4 Å². The molecule has 3 nitrogen and oxygen atoms in total. The van der Waals surface area contributed by atoms with Gasteiger partial charge in [0.1, 0.15) is 0 Å². The van der Waals surface area contributed by atoms with Gasteiger partial charge < -0.3 is 5.32 Å². The van der Waals surface area contributed by atoms with Crippen molar-refractivity contribution in [2.75, 3.05) is 6.54 Å². The third-order valence-corrected chi connectivity index (χ3v) is 4.75. The average Bonchev–Trinajstić information content (AvgIpc) is 2.85. The zero-order valence-corrected chi connectivity index (χ0v) is 12.2. The Balaban J connectivity index is 1.76. The lowest BCUT2D eigenvalue weighted by Crippen LogP contribution is -2.26. The van der Waals surface area contributed by atoms with Crippen LogP contribution in [0.25, 0.3) is 0 Å². The average molecular weight is 301 g/mol. The molecule has 21 heavy (non-hydrogen) atoms. The Morgan fingerprint density at radius 2 is 1.95 bits per heavy atom. The van der Waals surface area contributed by atoms with E-state index in [1.54, 1.807) is 4.68 Å². The number of rotatable bonds is 3. The van der Waals surface area contributed by atoms with Crippen molar-refractivity contribution in [3.8, 4) is 0 Å². The summed E-state index contributed by atoms with van der Waals surface area (Å²) >= 11 is 0. The molecule has 0 radical (unpaired) electrons. The molecule has 0 spiro atoms. The predicted octanol–water partition coefficient (Wildman–Crippen LogP) is 3.52. The summed E-state index contributed by atoms with van der Waals surface area (Å²) < 4.78 is 40.9. The monoisotopic (exact) mass is 301 g/mol. The number of aryl methyl sites for hydroxylation is 1. The van der Waals surface area contributed by atoms with Crippen LogP contribution >= 0.6 is 0 Å². The van der Waals surface area contributed by atoms with Gasteiger partial charge in [-0.2, -0.15) is 18.3 Å². The van der Waals surface area contributed by atoms with Gasteiger partial charge in [0, 0.05) is 18.7 Å². The number of nitrogens with one attached hydrogen (secondary N) is 1. The number of hydrogen-bond acceptors (Lipinski definition) is 2. The van der Waals surface area contributed by atoms with Crippen molar-refractivity contribution in [2.24, 2.45) is 5.92 Å². The maximum atomic E-state index is 13.1. The van der Waals surface area contributed by atoms with Crippen LogP contribution in [0, 0.1) is 5.92 Å². The van der Waals surface area contributed by atoms with Crippen LogP contribution in [0.3, 0.4) is 0 Å². The molecule has 6 heteroatoms. The standard InChI is InChI=1S/C15H22F3N3/c16-15(17,18)14-12-6-8-19-10-13(12)21(20-14)9-7-11-4-2-1-3-5-11/h11,19H,1-10H2. The summed E-state index contributed by atoms with van der Waals surface area (Å²) in [5, 5.41) is 7.06. The first kappa shape index (κ1) is 14.9. The molecule has 1 saturated carbocycles. The first-order valence-corrected chi connectivity index (χ1v) is 7.92. The van der Waals surface area contributed by atoms with Crippen molar-refractivity contribution in [3.63, 3.8) is 0 Å². The first-order valence-electron chi connectivity index (χ1n) is 7.92. The van der Waals surface area contributed by atoms with Gasteiger partial charge in [-0.1, -0.05) is 32.1 Å². The minimum atomic E-state index is -4.34. The minimum Gasteiger partial charge on any atom is -0.311 e. The Hall–Kier alpha value is -1.04. The topological polar surface area (TPSA) is 29.9 Å². The molecule has 1 fully saturated rings. The molecule has 2 aliphatic rings. The summed E-state index contributed by atoms with van der Waals surface area (Å²) in [4.78, 5) is 0. The number of fused-ring (bicyclic) bond motifs is 1. The van der Waals surface area contributed by atoms with Crippen LogP contribution < -0.4 is 5.32 Å². The first-order chi connectivity index (χ1) is 10.1. The summed E-state index contributed by atoms with van der Waals surface area (Å²) in [6.07, 6.45) is 3.29. The Kier molecular flexibility index (Phi) is 4.24. The van der Waals surface area contributed by atoms with Gasteiger partial charge in [-0.3, -0.25) is 4.68 Å². The van der Waals surface area contributed by atoms with Crippen molar-refractivity contribution < 1.29 is 13.2 Å². The highest BCUT2D eigenvalue weighted by molar-refractivity contribution is 5.30. The van der Waals surface area contributed by atoms with Crippen LogP contribution in [0.15, 0.2) is 0 Å². The molecule has 1 aromatic heterocycles. The van der Waals surface area contributed by atoms with Gasteiger partial charge >= 0.3 is 6.18 Å². The molecule has 0 amide bonds. The second-order valence-corrected chi connectivity index (χ2v) is 6.21. The lowest BCUT2D eigenvalue weighted by atomic mass is 9.87. The van der Waals surface area contributed by atoms with E-state index in [0.29, 0.717) is 37.5 Å². The zero-order chi connectivity index (χ0) is 14.9. The van der Waals surface area contributed by atoms with Crippen LogP contribution in [-0.2, 0) is 25.7 Å². The van der Waals surface area contributed by atoms with E-state index in [-0.39, 0.29) is 0 Å². The fourth-order valence-electron chi connectivity index (χ4n) is 3.61. The Morgan fingerprint density at radius 1 is 1.19 bits per heavy atom. The number of alkyl halides is 3. The largest absolute Gasteiger partial charge is 0.435 e. The van der Waals surface area contributed by atoms with E-state index >= 15 is 0 Å². The molecule has 0 bridgehead atoms. The third kappa shape index (κ3) is 3.25. The van der Waals surface area contributed by atoms with E-state index in [9.17, 15) is 13.2 Å². The molecule has 3 rings (SSSR count). The lowest BCUT2D eigenvalue weighted by Gasteiger charge is -2.22. The third-order valence-electron chi connectivity index (χ3n) is 4.75. The fraction of sp³-hybridized carbons (Fsp3) is 0.800. The molecule has 2 heterocycles. The lowest BCUT2D eigenvalue weighted by molar-refractivity contribution is -0.142. The Morgan fingerprint density at radius 3 is 2.67 bits per heavy atom.